The number of aryl methyl sites for hydroxylation is 1. The van der Waals surface area contributed by atoms with E-state index in [4.69, 9.17) is 5.11 Å². The molecule has 126 valence electrons. The molecule has 0 atom stereocenters. The highest BCUT2D eigenvalue weighted by Crippen LogP contribution is 2.23. The largest absolute Gasteiger partial charge is 0.396 e. The summed E-state index contributed by atoms with van der Waals surface area (Å²) in [4.78, 5) is 17.9. The molecule has 23 heavy (non-hydrogen) atoms. The van der Waals surface area contributed by atoms with Crippen LogP contribution in [0.4, 0.5) is 0 Å². The fraction of sp³-hybridized carbons (Fsp3) is 0.526. The van der Waals surface area contributed by atoms with Crippen molar-refractivity contribution in [2.75, 3.05) is 19.7 Å². The summed E-state index contributed by atoms with van der Waals surface area (Å²) < 4.78 is 0. The zero-order valence-electron chi connectivity index (χ0n) is 14.6. The molecule has 0 saturated carbocycles. The SMILES string of the molecule is Cc1cccc2c(CC(=O)N(CCCO)CC(C)(C)C)c[nH]c12. The third kappa shape index (κ3) is 4.58. The molecule has 2 N–H and O–H groups in total. The molecule has 1 heterocycles. The van der Waals surface area contributed by atoms with Gasteiger partial charge in [0.25, 0.3) is 0 Å². The van der Waals surface area contributed by atoms with Gasteiger partial charge in [-0.3, -0.25) is 4.79 Å². The number of hydrogen-bond acceptors (Lipinski definition) is 2. The third-order valence-corrected chi connectivity index (χ3v) is 3.96. The first-order valence-corrected chi connectivity index (χ1v) is 8.26. The lowest BCUT2D eigenvalue weighted by atomic mass is 9.95. The van der Waals surface area contributed by atoms with E-state index in [1.807, 2.05) is 17.2 Å². The molecule has 0 fully saturated rings. The van der Waals surface area contributed by atoms with Gasteiger partial charge in [-0.1, -0.05) is 39.0 Å². The maximum atomic E-state index is 12.8. The van der Waals surface area contributed by atoms with E-state index in [1.165, 1.54) is 5.56 Å². The molecular weight excluding hydrogens is 288 g/mol. The lowest BCUT2D eigenvalue weighted by Gasteiger charge is -2.30. The minimum Gasteiger partial charge on any atom is -0.396 e. The van der Waals surface area contributed by atoms with E-state index in [9.17, 15) is 4.79 Å². The lowest BCUT2D eigenvalue weighted by molar-refractivity contribution is -0.131. The highest BCUT2D eigenvalue weighted by molar-refractivity contribution is 5.90. The number of aliphatic hydroxyl groups is 1. The van der Waals surface area contributed by atoms with Crippen LogP contribution in [-0.4, -0.2) is 40.6 Å². The Bertz CT molecular complexity index is 668. The second-order valence-electron chi connectivity index (χ2n) is 7.44. The van der Waals surface area contributed by atoms with Crippen LogP contribution in [-0.2, 0) is 11.2 Å². The Balaban J connectivity index is 2.17. The summed E-state index contributed by atoms with van der Waals surface area (Å²) in [7, 11) is 0. The monoisotopic (exact) mass is 316 g/mol. The molecule has 4 nitrogen and oxygen atoms in total. The number of nitrogens with one attached hydrogen (secondary N) is 1. The van der Waals surface area contributed by atoms with Gasteiger partial charge in [0.1, 0.15) is 0 Å². The molecule has 0 aliphatic rings. The fourth-order valence-electron chi connectivity index (χ4n) is 2.91. The van der Waals surface area contributed by atoms with Crippen LogP contribution in [0.25, 0.3) is 10.9 Å². The number of carbonyl (C=O) groups excluding carboxylic acids is 1. The smallest absolute Gasteiger partial charge is 0.227 e. The third-order valence-electron chi connectivity index (χ3n) is 3.96. The van der Waals surface area contributed by atoms with Gasteiger partial charge in [-0.05, 0) is 29.9 Å². The number of hydrogen-bond donors (Lipinski definition) is 2. The van der Waals surface area contributed by atoms with Crippen molar-refractivity contribution in [3.05, 3.63) is 35.5 Å². The number of benzene rings is 1. The Hall–Kier alpha value is -1.81. The molecule has 0 saturated heterocycles. The molecule has 2 aromatic rings. The highest BCUT2D eigenvalue weighted by Gasteiger charge is 2.21. The molecule has 4 heteroatoms. The molecule has 0 spiro atoms. The Morgan fingerprint density at radius 2 is 2.04 bits per heavy atom. The van der Waals surface area contributed by atoms with Crippen molar-refractivity contribution in [3.63, 3.8) is 0 Å². The Kier molecular flexibility index (Phi) is 5.47. The van der Waals surface area contributed by atoms with E-state index in [0.717, 1.165) is 16.5 Å². The van der Waals surface area contributed by atoms with Gasteiger partial charge in [-0.25, -0.2) is 0 Å². The normalized spacial score (nSPS) is 11.9. The number of para-hydroxylation sites is 1. The molecule has 2 rings (SSSR count). The number of rotatable bonds is 6. The summed E-state index contributed by atoms with van der Waals surface area (Å²) >= 11 is 0. The topological polar surface area (TPSA) is 56.3 Å². The van der Waals surface area contributed by atoms with Crippen LogP contribution in [0.5, 0.6) is 0 Å². The number of aliphatic hydroxyl groups excluding tert-OH is 1. The number of aromatic amines is 1. The van der Waals surface area contributed by atoms with Crippen LogP contribution in [0.1, 0.15) is 38.3 Å². The van der Waals surface area contributed by atoms with Gasteiger partial charge < -0.3 is 15.0 Å². The van der Waals surface area contributed by atoms with Crippen molar-refractivity contribution in [2.24, 2.45) is 5.41 Å². The molecule has 0 unspecified atom stereocenters. The zero-order chi connectivity index (χ0) is 17.0. The van der Waals surface area contributed by atoms with Crippen molar-refractivity contribution in [1.82, 2.24) is 9.88 Å². The Labute approximate surface area is 138 Å². The average molecular weight is 316 g/mol. The molecule has 0 radical (unpaired) electrons. The van der Waals surface area contributed by atoms with E-state index in [0.29, 0.717) is 25.9 Å². The number of fused-ring (bicyclic) bond motifs is 1. The quantitative estimate of drug-likeness (QED) is 0.859. The van der Waals surface area contributed by atoms with E-state index >= 15 is 0 Å². The van der Waals surface area contributed by atoms with Gasteiger partial charge >= 0.3 is 0 Å². The van der Waals surface area contributed by atoms with E-state index in [1.54, 1.807) is 0 Å². The number of nitrogens with zero attached hydrogens (tertiary/aromatic N) is 1. The average Bonchev–Trinajstić information content (AvgIpc) is 2.87. The minimum atomic E-state index is 0.0436. The fourth-order valence-corrected chi connectivity index (χ4v) is 2.91. The van der Waals surface area contributed by atoms with Crippen LogP contribution < -0.4 is 0 Å². The first-order chi connectivity index (χ1) is 10.8. The highest BCUT2D eigenvalue weighted by atomic mass is 16.3. The van der Waals surface area contributed by atoms with Crippen molar-refractivity contribution < 1.29 is 9.90 Å². The number of amides is 1. The molecule has 1 amide bonds. The lowest BCUT2D eigenvalue weighted by Crippen LogP contribution is -2.39. The van der Waals surface area contributed by atoms with Gasteiger partial charge in [-0.2, -0.15) is 0 Å². The predicted octanol–water partition coefficient (Wildman–Crippen LogP) is 3.28. The second kappa shape index (κ2) is 7.18. The molecule has 1 aromatic heterocycles. The molecular formula is C19H28N2O2. The maximum Gasteiger partial charge on any atom is 0.227 e. The summed E-state index contributed by atoms with van der Waals surface area (Å²) in [5.74, 6) is 0.121. The minimum absolute atomic E-state index is 0.0436. The summed E-state index contributed by atoms with van der Waals surface area (Å²) in [5, 5.41) is 10.2. The Morgan fingerprint density at radius 3 is 2.70 bits per heavy atom. The Morgan fingerprint density at radius 1 is 1.30 bits per heavy atom. The predicted molar refractivity (Wildman–Crippen MR) is 94.5 cm³/mol. The van der Waals surface area contributed by atoms with Crippen molar-refractivity contribution in [1.29, 1.82) is 0 Å². The molecule has 0 aliphatic carbocycles. The van der Waals surface area contributed by atoms with Crippen LogP contribution in [0.2, 0.25) is 0 Å². The first kappa shape index (κ1) is 17.5. The zero-order valence-corrected chi connectivity index (χ0v) is 14.6. The number of aromatic nitrogens is 1. The van der Waals surface area contributed by atoms with Crippen molar-refractivity contribution in [2.45, 2.75) is 40.5 Å². The molecule has 0 aliphatic heterocycles. The summed E-state index contributed by atoms with van der Waals surface area (Å²) in [6.45, 7) is 9.86. The number of H-pyrrole nitrogens is 1. The van der Waals surface area contributed by atoms with E-state index in [-0.39, 0.29) is 17.9 Å². The van der Waals surface area contributed by atoms with Crippen LogP contribution in [0.15, 0.2) is 24.4 Å². The molecule has 0 bridgehead atoms. The van der Waals surface area contributed by atoms with Crippen LogP contribution >= 0.6 is 0 Å². The van der Waals surface area contributed by atoms with Crippen molar-refractivity contribution in [3.8, 4) is 0 Å². The van der Waals surface area contributed by atoms with Crippen molar-refractivity contribution >= 4 is 16.8 Å². The van der Waals surface area contributed by atoms with E-state index in [2.05, 4.69) is 44.8 Å². The van der Waals surface area contributed by atoms with Gasteiger partial charge in [0.2, 0.25) is 5.91 Å². The van der Waals surface area contributed by atoms with E-state index < -0.39 is 0 Å². The van der Waals surface area contributed by atoms with Gasteiger partial charge in [0.15, 0.2) is 0 Å². The van der Waals surface area contributed by atoms with Crippen LogP contribution in [0, 0.1) is 12.3 Å². The summed E-state index contributed by atoms with van der Waals surface area (Å²) in [5.41, 5.74) is 3.37. The second-order valence-corrected chi connectivity index (χ2v) is 7.44. The molecule has 1 aromatic carbocycles. The standard InChI is InChI=1S/C19H28N2O2/c1-14-7-5-8-16-15(12-20-18(14)16)11-17(23)21(9-6-10-22)13-19(2,3)4/h5,7-8,12,20,22H,6,9-11,13H2,1-4H3. The van der Waals surface area contributed by atoms with Crippen LogP contribution in [0.3, 0.4) is 0 Å². The van der Waals surface area contributed by atoms with Gasteiger partial charge in [0, 0.05) is 36.8 Å². The number of carbonyl (C=O) groups is 1. The van der Waals surface area contributed by atoms with Gasteiger partial charge in [-0.15, -0.1) is 0 Å². The summed E-state index contributed by atoms with van der Waals surface area (Å²) in [6.07, 6.45) is 2.96. The maximum absolute atomic E-state index is 12.8. The van der Waals surface area contributed by atoms with Gasteiger partial charge in [0.05, 0.1) is 6.42 Å². The summed E-state index contributed by atoms with van der Waals surface area (Å²) in [6, 6.07) is 6.15. The first-order valence-electron chi connectivity index (χ1n) is 8.26.